The van der Waals surface area contributed by atoms with Gasteiger partial charge in [-0.15, -0.1) is 0 Å². The van der Waals surface area contributed by atoms with E-state index in [1.54, 1.807) is 6.07 Å². The van der Waals surface area contributed by atoms with Gasteiger partial charge in [0.15, 0.2) is 0 Å². The van der Waals surface area contributed by atoms with Crippen LogP contribution in [0.25, 0.3) is 0 Å². The van der Waals surface area contributed by atoms with Crippen LogP contribution in [0.15, 0.2) is 23.1 Å². The number of hydrogen-bond donors (Lipinski definition) is 2. The number of nitrogens with one attached hydrogen (secondary N) is 2. The molecule has 20 heavy (non-hydrogen) atoms. The first-order valence-corrected chi connectivity index (χ1v) is 9.41. The zero-order valence-electron chi connectivity index (χ0n) is 11.4. The summed E-state index contributed by atoms with van der Waals surface area (Å²) in [7, 11) is -3.77. The summed E-state index contributed by atoms with van der Waals surface area (Å²) in [6.07, 6.45) is 4.20. The second-order valence-electron chi connectivity index (χ2n) is 4.81. The topological polar surface area (TPSA) is 58.2 Å². The van der Waals surface area contributed by atoms with Gasteiger partial charge in [0.1, 0.15) is 10.7 Å². The third kappa shape index (κ3) is 4.44. The van der Waals surface area contributed by atoms with Crippen molar-refractivity contribution in [2.45, 2.75) is 30.3 Å². The van der Waals surface area contributed by atoms with Gasteiger partial charge < -0.3 is 5.32 Å². The highest BCUT2D eigenvalue weighted by atomic mass is 32.2. The molecule has 112 valence electrons. The fourth-order valence-electron chi connectivity index (χ4n) is 1.77. The summed E-state index contributed by atoms with van der Waals surface area (Å²) in [4.78, 5) is -0.270. The monoisotopic (exact) mass is 318 g/mol. The third-order valence-corrected chi connectivity index (χ3v) is 5.14. The molecule has 0 radical (unpaired) electrons. The molecule has 0 bridgehead atoms. The number of benzene rings is 1. The second-order valence-corrected chi connectivity index (χ2v) is 7.53. The van der Waals surface area contributed by atoms with E-state index in [0.717, 1.165) is 18.4 Å². The van der Waals surface area contributed by atoms with E-state index in [1.165, 1.54) is 23.9 Å². The molecule has 0 amide bonds. The third-order valence-electron chi connectivity index (χ3n) is 3.06. The first-order valence-electron chi connectivity index (χ1n) is 6.53. The van der Waals surface area contributed by atoms with E-state index in [-0.39, 0.29) is 4.90 Å². The molecule has 7 heteroatoms. The van der Waals surface area contributed by atoms with Crippen molar-refractivity contribution in [2.75, 3.05) is 18.6 Å². The Hall–Kier alpha value is -0.630. The number of rotatable bonds is 8. The molecule has 1 aliphatic carbocycles. The highest BCUT2D eigenvalue weighted by Crippen LogP contribution is 2.21. The molecule has 1 aliphatic rings. The molecule has 2 N–H and O–H groups in total. The summed E-state index contributed by atoms with van der Waals surface area (Å²) >= 11 is 1.53. The Morgan fingerprint density at radius 2 is 2.15 bits per heavy atom. The summed E-state index contributed by atoms with van der Waals surface area (Å²) in [6, 6.07) is 4.77. The lowest BCUT2D eigenvalue weighted by atomic mass is 10.2. The van der Waals surface area contributed by atoms with Crippen molar-refractivity contribution in [2.24, 2.45) is 0 Å². The van der Waals surface area contributed by atoms with Gasteiger partial charge in [0.25, 0.3) is 0 Å². The standard InChI is InChI=1S/C13H19FN2O2S2/c1-19-7-6-16-20(17,18)13-8-10(2-5-12(13)14)9-15-11-3-4-11/h2,5,8,11,15-16H,3-4,6-7,9H2,1H3. The molecule has 0 heterocycles. The summed E-state index contributed by atoms with van der Waals surface area (Å²) < 4.78 is 40.3. The van der Waals surface area contributed by atoms with E-state index in [1.807, 2.05) is 6.26 Å². The normalized spacial score (nSPS) is 15.5. The Balaban J connectivity index is 2.09. The first-order chi connectivity index (χ1) is 9.53. The fraction of sp³-hybridized carbons (Fsp3) is 0.538. The molecule has 0 aromatic heterocycles. The molecule has 1 saturated carbocycles. The van der Waals surface area contributed by atoms with E-state index >= 15 is 0 Å². The van der Waals surface area contributed by atoms with Gasteiger partial charge in [-0.05, 0) is 36.8 Å². The molecule has 0 aliphatic heterocycles. The molecule has 0 unspecified atom stereocenters. The van der Waals surface area contributed by atoms with Crippen molar-refractivity contribution in [3.63, 3.8) is 0 Å². The van der Waals surface area contributed by atoms with Crippen LogP contribution in [0.5, 0.6) is 0 Å². The lowest BCUT2D eigenvalue weighted by Gasteiger charge is -2.09. The lowest BCUT2D eigenvalue weighted by molar-refractivity contribution is 0.557. The number of halogens is 1. The molecule has 0 spiro atoms. The van der Waals surface area contributed by atoms with Gasteiger partial charge in [0.05, 0.1) is 0 Å². The molecular weight excluding hydrogens is 299 g/mol. The maximum absolute atomic E-state index is 13.7. The zero-order valence-corrected chi connectivity index (χ0v) is 13.0. The molecule has 0 atom stereocenters. The average Bonchev–Trinajstić information content (AvgIpc) is 3.22. The SMILES string of the molecule is CSCCNS(=O)(=O)c1cc(CNC2CC2)ccc1F. The second kappa shape index (κ2) is 6.89. The van der Waals surface area contributed by atoms with Crippen molar-refractivity contribution < 1.29 is 12.8 Å². The molecule has 4 nitrogen and oxygen atoms in total. The smallest absolute Gasteiger partial charge is 0.243 e. The van der Waals surface area contributed by atoms with Gasteiger partial charge in [0, 0.05) is 24.9 Å². The van der Waals surface area contributed by atoms with Crippen molar-refractivity contribution in [3.8, 4) is 0 Å². The van der Waals surface area contributed by atoms with Gasteiger partial charge in [0.2, 0.25) is 10.0 Å². The van der Waals surface area contributed by atoms with Crippen LogP contribution >= 0.6 is 11.8 Å². The van der Waals surface area contributed by atoms with Gasteiger partial charge in [-0.3, -0.25) is 0 Å². The molecule has 1 aromatic carbocycles. The summed E-state index contributed by atoms with van der Waals surface area (Å²) in [6.45, 7) is 0.867. The molecule has 0 saturated heterocycles. The largest absolute Gasteiger partial charge is 0.310 e. The van der Waals surface area contributed by atoms with E-state index in [4.69, 9.17) is 0 Å². The average molecular weight is 318 g/mol. The van der Waals surface area contributed by atoms with Gasteiger partial charge in [-0.25, -0.2) is 17.5 Å². The lowest BCUT2D eigenvalue weighted by Crippen LogP contribution is -2.27. The van der Waals surface area contributed by atoms with Crippen LogP contribution in [0, 0.1) is 5.82 Å². The maximum atomic E-state index is 13.7. The number of hydrogen-bond acceptors (Lipinski definition) is 4. The van der Waals surface area contributed by atoms with Crippen molar-refractivity contribution in [1.82, 2.24) is 10.0 Å². The van der Waals surface area contributed by atoms with Crippen molar-refractivity contribution in [1.29, 1.82) is 0 Å². The quantitative estimate of drug-likeness (QED) is 0.717. The van der Waals surface area contributed by atoms with Crippen LogP contribution in [-0.2, 0) is 16.6 Å². The summed E-state index contributed by atoms with van der Waals surface area (Å²) in [5, 5.41) is 3.28. The van der Waals surface area contributed by atoms with Crippen LogP contribution in [0.2, 0.25) is 0 Å². The van der Waals surface area contributed by atoms with Crippen molar-refractivity contribution >= 4 is 21.8 Å². The number of thioether (sulfide) groups is 1. The van der Waals surface area contributed by atoms with Crippen LogP contribution in [0.1, 0.15) is 18.4 Å². The fourth-order valence-corrected chi connectivity index (χ4v) is 3.36. The van der Waals surface area contributed by atoms with Gasteiger partial charge >= 0.3 is 0 Å². The predicted molar refractivity (Wildman–Crippen MR) is 79.8 cm³/mol. The van der Waals surface area contributed by atoms with E-state index in [9.17, 15) is 12.8 Å². The van der Waals surface area contributed by atoms with E-state index in [2.05, 4.69) is 10.0 Å². The Morgan fingerprint density at radius 3 is 2.80 bits per heavy atom. The molecule has 2 rings (SSSR count). The van der Waals surface area contributed by atoms with E-state index < -0.39 is 15.8 Å². The molecular formula is C13H19FN2O2S2. The predicted octanol–water partition coefficient (Wildman–Crippen LogP) is 1.72. The van der Waals surface area contributed by atoms with Gasteiger partial charge in [-0.2, -0.15) is 11.8 Å². The summed E-state index contributed by atoms with van der Waals surface area (Å²) in [5.41, 5.74) is 0.781. The van der Waals surface area contributed by atoms with Crippen LogP contribution in [0.3, 0.4) is 0 Å². The van der Waals surface area contributed by atoms with E-state index in [0.29, 0.717) is 24.9 Å². The first kappa shape index (κ1) is 15.8. The minimum atomic E-state index is -3.77. The highest BCUT2D eigenvalue weighted by molar-refractivity contribution is 7.98. The minimum absolute atomic E-state index is 0.270. The van der Waals surface area contributed by atoms with Crippen LogP contribution in [-0.4, -0.2) is 33.0 Å². The molecule has 1 aromatic rings. The van der Waals surface area contributed by atoms with Crippen molar-refractivity contribution in [3.05, 3.63) is 29.6 Å². The Labute approximate surface area is 123 Å². The van der Waals surface area contributed by atoms with Gasteiger partial charge in [-0.1, -0.05) is 6.07 Å². The summed E-state index contributed by atoms with van der Waals surface area (Å²) in [5.74, 6) is -0.0548. The minimum Gasteiger partial charge on any atom is -0.310 e. The molecule has 1 fully saturated rings. The maximum Gasteiger partial charge on any atom is 0.243 e. The Morgan fingerprint density at radius 1 is 1.40 bits per heavy atom. The zero-order chi connectivity index (χ0) is 14.6. The number of sulfonamides is 1. The van der Waals surface area contributed by atoms with Crippen LogP contribution in [0.4, 0.5) is 4.39 Å². The Bertz CT molecular complexity index is 559. The highest BCUT2D eigenvalue weighted by Gasteiger charge is 2.22. The van der Waals surface area contributed by atoms with Crippen LogP contribution < -0.4 is 10.0 Å². The Kier molecular flexibility index (Phi) is 5.42.